The van der Waals surface area contributed by atoms with E-state index in [0.29, 0.717) is 6.04 Å². The molecule has 2 nitrogen and oxygen atoms in total. The van der Waals surface area contributed by atoms with E-state index in [1.807, 2.05) is 12.1 Å². The van der Waals surface area contributed by atoms with Crippen LogP contribution in [0.4, 0.5) is 5.69 Å². The van der Waals surface area contributed by atoms with Crippen molar-refractivity contribution in [2.45, 2.75) is 38.6 Å². The maximum absolute atomic E-state index is 9.02. The van der Waals surface area contributed by atoms with Crippen molar-refractivity contribution in [3.05, 3.63) is 28.2 Å². The fourth-order valence-corrected chi connectivity index (χ4v) is 3.15. The molecule has 1 aromatic carbocycles. The van der Waals surface area contributed by atoms with Gasteiger partial charge in [0.1, 0.15) is 0 Å². The van der Waals surface area contributed by atoms with Crippen LogP contribution in [0.2, 0.25) is 0 Å². The standard InChI is InChI=1S/C14H17BrN2/c1-2-17(13-5-3-4-6-13)14-8-11(10-16)7-12(15)9-14/h7-9,13H,2-6H2,1H3. The average molecular weight is 293 g/mol. The topological polar surface area (TPSA) is 27.0 Å². The first-order chi connectivity index (χ1) is 8.24. The van der Waals surface area contributed by atoms with E-state index in [0.717, 1.165) is 16.6 Å². The van der Waals surface area contributed by atoms with Crippen molar-refractivity contribution in [1.82, 2.24) is 0 Å². The van der Waals surface area contributed by atoms with Crippen molar-refractivity contribution in [3.8, 4) is 6.07 Å². The van der Waals surface area contributed by atoms with Gasteiger partial charge in [0.05, 0.1) is 11.6 Å². The lowest BCUT2D eigenvalue weighted by Crippen LogP contribution is -2.32. The van der Waals surface area contributed by atoms with Crippen molar-refractivity contribution in [1.29, 1.82) is 5.26 Å². The van der Waals surface area contributed by atoms with Gasteiger partial charge in [0.15, 0.2) is 0 Å². The van der Waals surface area contributed by atoms with Crippen LogP contribution in [0.1, 0.15) is 38.2 Å². The molecular formula is C14H17BrN2. The molecule has 0 atom stereocenters. The number of hydrogen-bond acceptors (Lipinski definition) is 2. The van der Waals surface area contributed by atoms with Gasteiger partial charge in [0.2, 0.25) is 0 Å². The van der Waals surface area contributed by atoms with Gasteiger partial charge < -0.3 is 4.90 Å². The van der Waals surface area contributed by atoms with Crippen LogP contribution in [0.5, 0.6) is 0 Å². The third-order valence-corrected chi connectivity index (χ3v) is 3.91. The molecule has 0 amide bonds. The molecule has 1 saturated carbocycles. The fourth-order valence-electron chi connectivity index (χ4n) is 2.67. The van der Waals surface area contributed by atoms with E-state index in [9.17, 15) is 0 Å². The minimum absolute atomic E-state index is 0.654. The van der Waals surface area contributed by atoms with Crippen LogP contribution in [0, 0.1) is 11.3 Å². The quantitative estimate of drug-likeness (QED) is 0.839. The number of anilines is 1. The molecule has 1 fully saturated rings. The molecule has 17 heavy (non-hydrogen) atoms. The van der Waals surface area contributed by atoms with Gasteiger partial charge in [-0.3, -0.25) is 0 Å². The lowest BCUT2D eigenvalue weighted by molar-refractivity contribution is 0.620. The Bertz CT molecular complexity index is 430. The summed E-state index contributed by atoms with van der Waals surface area (Å²) in [7, 11) is 0. The summed E-state index contributed by atoms with van der Waals surface area (Å²) in [6, 6.07) is 8.85. The van der Waals surface area contributed by atoms with Gasteiger partial charge >= 0.3 is 0 Å². The molecule has 0 aliphatic heterocycles. The lowest BCUT2D eigenvalue weighted by Gasteiger charge is -2.30. The molecule has 3 heteroatoms. The summed E-state index contributed by atoms with van der Waals surface area (Å²) in [5.74, 6) is 0. The van der Waals surface area contributed by atoms with E-state index in [4.69, 9.17) is 5.26 Å². The molecular weight excluding hydrogens is 276 g/mol. The summed E-state index contributed by atoms with van der Waals surface area (Å²) in [4.78, 5) is 2.43. The van der Waals surface area contributed by atoms with Crippen LogP contribution < -0.4 is 4.90 Å². The van der Waals surface area contributed by atoms with Crippen LogP contribution in [0.15, 0.2) is 22.7 Å². The molecule has 1 aliphatic carbocycles. The van der Waals surface area contributed by atoms with E-state index < -0.39 is 0 Å². The molecule has 90 valence electrons. The van der Waals surface area contributed by atoms with Gasteiger partial charge in [-0.2, -0.15) is 5.26 Å². The van der Waals surface area contributed by atoms with E-state index in [1.165, 1.54) is 31.4 Å². The van der Waals surface area contributed by atoms with Gasteiger partial charge in [-0.1, -0.05) is 28.8 Å². The molecule has 0 spiro atoms. The van der Waals surface area contributed by atoms with Crippen LogP contribution in [-0.4, -0.2) is 12.6 Å². The van der Waals surface area contributed by atoms with Crippen molar-refractivity contribution >= 4 is 21.6 Å². The first kappa shape index (κ1) is 12.4. The third kappa shape index (κ3) is 2.81. The first-order valence-corrected chi connectivity index (χ1v) is 7.01. The lowest BCUT2D eigenvalue weighted by atomic mass is 10.1. The highest BCUT2D eigenvalue weighted by Crippen LogP contribution is 2.30. The fraction of sp³-hybridized carbons (Fsp3) is 0.500. The smallest absolute Gasteiger partial charge is 0.0992 e. The molecule has 0 radical (unpaired) electrons. The summed E-state index contributed by atoms with van der Waals surface area (Å²) in [5, 5.41) is 9.02. The Labute approximate surface area is 111 Å². The number of rotatable bonds is 3. The normalized spacial score (nSPS) is 15.8. The highest BCUT2D eigenvalue weighted by atomic mass is 79.9. The molecule has 0 unspecified atom stereocenters. The molecule has 1 aliphatic rings. The zero-order chi connectivity index (χ0) is 12.3. The van der Waals surface area contributed by atoms with Gasteiger partial charge in [0, 0.05) is 22.7 Å². The molecule has 2 rings (SSSR count). The van der Waals surface area contributed by atoms with E-state index >= 15 is 0 Å². The zero-order valence-corrected chi connectivity index (χ0v) is 11.7. The highest BCUT2D eigenvalue weighted by molar-refractivity contribution is 9.10. The largest absolute Gasteiger partial charge is 0.369 e. The van der Waals surface area contributed by atoms with Crippen LogP contribution in [0.25, 0.3) is 0 Å². The predicted octanol–water partition coefficient (Wildman–Crippen LogP) is 4.09. The Balaban J connectivity index is 2.30. The summed E-state index contributed by atoms with van der Waals surface area (Å²) in [6.07, 6.45) is 5.23. The van der Waals surface area contributed by atoms with Crippen LogP contribution in [0.3, 0.4) is 0 Å². The number of nitriles is 1. The number of hydrogen-bond donors (Lipinski definition) is 0. The maximum atomic E-state index is 9.02. The van der Waals surface area contributed by atoms with Gasteiger partial charge in [-0.25, -0.2) is 0 Å². The van der Waals surface area contributed by atoms with Crippen molar-refractivity contribution in [2.75, 3.05) is 11.4 Å². The molecule has 1 aromatic rings. The SMILES string of the molecule is CCN(c1cc(Br)cc(C#N)c1)C1CCCC1. The number of benzene rings is 1. The van der Waals surface area contributed by atoms with Crippen LogP contribution in [-0.2, 0) is 0 Å². The maximum Gasteiger partial charge on any atom is 0.0992 e. The van der Waals surface area contributed by atoms with Gasteiger partial charge in [-0.15, -0.1) is 0 Å². The summed E-state index contributed by atoms with van der Waals surface area (Å²) >= 11 is 3.48. The first-order valence-electron chi connectivity index (χ1n) is 6.22. The molecule has 0 bridgehead atoms. The van der Waals surface area contributed by atoms with Gasteiger partial charge in [0.25, 0.3) is 0 Å². The van der Waals surface area contributed by atoms with Crippen molar-refractivity contribution < 1.29 is 0 Å². The summed E-state index contributed by atoms with van der Waals surface area (Å²) in [6.45, 7) is 3.19. The number of halogens is 1. The van der Waals surface area contributed by atoms with Crippen molar-refractivity contribution in [2.24, 2.45) is 0 Å². The summed E-state index contributed by atoms with van der Waals surface area (Å²) in [5.41, 5.74) is 1.90. The molecule has 0 N–H and O–H groups in total. The van der Waals surface area contributed by atoms with E-state index in [-0.39, 0.29) is 0 Å². The molecule has 0 saturated heterocycles. The Morgan fingerprint density at radius 2 is 2.06 bits per heavy atom. The summed E-state index contributed by atoms with van der Waals surface area (Å²) < 4.78 is 0.989. The Hall–Kier alpha value is -1.01. The minimum Gasteiger partial charge on any atom is -0.369 e. The minimum atomic E-state index is 0.654. The van der Waals surface area contributed by atoms with E-state index in [1.54, 1.807) is 0 Å². The second-order valence-electron chi connectivity index (χ2n) is 4.53. The zero-order valence-electron chi connectivity index (χ0n) is 10.1. The number of nitrogens with zero attached hydrogens (tertiary/aromatic N) is 2. The highest BCUT2D eigenvalue weighted by Gasteiger charge is 2.22. The second kappa shape index (κ2) is 5.55. The monoisotopic (exact) mass is 292 g/mol. The predicted molar refractivity (Wildman–Crippen MR) is 74.1 cm³/mol. The van der Waals surface area contributed by atoms with Crippen LogP contribution >= 0.6 is 15.9 Å². The van der Waals surface area contributed by atoms with Gasteiger partial charge in [-0.05, 0) is 38.0 Å². The third-order valence-electron chi connectivity index (χ3n) is 3.45. The molecule has 0 aromatic heterocycles. The molecule has 0 heterocycles. The Morgan fingerprint density at radius 3 is 2.65 bits per heavy atom. The Kier molecular flexibility index (Phi) is 4.06. The van der Waals surface area contributed by atoms with Crippen molar-refractivity contribution in [3.63, 3.8) is 0 Å². The second-order valence-corrected chi connectivity index (χ2v) is 5.45. The Morgan fingerprint density at radius 1 is 1.35 bits per heavy atom. The average Bonchev–Trinajstić information content (AvgIpc) is 2.83. The van der Waals surface area contributed by atoms with E-state index in [2.05, 4.69) is 39.9 Å².